The normalized spacial score (nSPS) is 12.6. The molecule has 0 rings (SSSR count). The van der Waals surface area contributed by atoms with Crippen molar-refractivity contribution >= 4 is 11.9 Å². The Hall–Kier alpha value is -1.66. The molecule has 0 heterocycles. The predicted molar refractivity (Wildman–Crippen MR) is 347 cm³/mol. The van der Waals surface area contributed by atoms with Gasteiger partial charge in [-0.1, -0.05) is 359 Å². The van der Waals surface area contributed by atoms with Gasteiger partial charge in [0.25, 0.3) is 0 Å². The lowest BCUT2D eigenvalue weighted by atomic mass is 10.0. The fourth-order valence-electron chi connectivity index (χ4n) is 11.5. The van der Waals surface area contributed by atoms with Crippen LogP contribution in [-0.2, 0) is 14.3 Å². The Kier molecular flexibility index (Phi) is 67.4. The number of aliphatic hydroxyl groups excluding tert-OH is 2. The lowest BCUT2D eigenvalue weighted by molar-refractivity contribution is -0.143. The van der Waals surface area contributed by atoms with Crippen LogP contribution in [0.25, 0.3) is 0 Å². The van der Waals surface area contributed by atoms with Crippen LogP contribution in [0.5, 0.6) is 0 Å². The Bertz CT molecular complexity index is 1230. The van der Waals surface area contributed by atoms with Gasteiger partial charge in [-0.05, 0) is 57.8 Å². The van der Waals surface area contributed by atoms with E-state index < -0.39 is 12.1 Å². The summed E-state index contributed by atoms with van der Waals surface area (Å²) in [4.78, 5) is 24.6. The van der Waals surface area contributed by atoms with Crippen molar-refractivity contribution in [1.82, 2.24) is 5.32 Å². The standard InChI is InChI=1S/C73H141NO5/c1-3-5-7-9-11-13-15-17-18-19-33-37-40-43-47-51-55-59-63-67-73(78)79-68-64-60-56-52-48-44-41-38-35-32-30-28-26-24-22-20-21-23-25-27-29-31-34-36-39-42-46-50-54-58-62-66-72(77)74-70(69-75)71(76)65-61-57-53-49-45-16-14-12-10-8-6-4-2/h22,24,28,30,70-71,75-76H,3-21,23,25-27,29,31-69H2,1-2H3,(H,74,77)/b24-22-,30-28-. The number of hydrogen-bond donors (Lipinski definition) is 3. The minimum absolute atomic E-state index is 0.0187. The Morgan fingerprint density at radius 3 is 0.962 bits per heavy atom. The summed E-state index contributed by atoms with van der Waals surface area (Å²) in [6.07, 6.45) is 86.7. The van der Waals surface area contributed by atoms with E-state index in [-0.39, 0.29) is 18.5 Å². The molecule has 0 saturated heterocycles. The number of ether oxygens (including phenoxy) is 1. The molecule has 0 bridgehead atoms. The summed E-state index contributed by atoms with van der Waals surface area (Å²) in [7, 11) is 0. The summed E-state index contributed by atoms with van der Waals surface area (Å²) in [5.74, 6) is -0.0142. The molecule has 6 nitrogen and oxygen atoms in total. The molecule has 6 heteroatoms. The lowest BCUT2D eigenvalue weighted by Gasteiger charge is -2.22. The molecule has 0 aromatic carbocycles. The maximum atomic E-state index is 12.5. The summed E-state index contributed by atoms with van der Waals surface area (Å²) in [5, 5.41) is 23.3. The molecule has 0 aromatic heterocycles. The molecule has 468 valence electrons. The Labute approximate surface area is 494 Å². The van der Waals surface area contributed by atoms with E-state index in [4.69, 9.17) is 4.74 Å². The first-order valence-electron chi connectivity index (χ1n) is 36.1. The van der Waals surface area contributed by atoms with Crippen molar-refractivity contribution in [1.29, 1.82) is 0 Å². The van der Waals surface area contributed by atoms with Gasteiger partial charge in [-0.15, -0.1) is 0 Å². The second kappa shape index (κ2) is 68.8. The number of esters is 1. The zero-order valence-electron chi connectivity index (χ0n) is 53.6. The number of nitrogens with one attached hydrogen (secondary N) is 1. The number of allylic oxidation sites excluding steroid dienone is 4. The van der Waals surface area contributed by atoms with Crippen LogP contribution in [0.1, 0.15) is 406 Å². The van der Waals surface area contributed by atoms with E-state index in [0.717, 1.165) is 44.9 Å². The van der Waals surface area contributed by atoms with Crippen molar-refractivity contribution in [3.8, 4) is 0 Å². The first-order valence-corrected chi connectivity index (χ1v) is 36.1. The summed E-state index contributed by atoms with van der Waals surface area (Å²) in [6.45, 7) is 4.98. The number of carbonyl (C=O) groups excluding carboxylic acids is 2. The first kappa shape index (κ1) is 77.3. The van der Waals surface area contributed by atoms with Crippen LogP contribution in [0.2, 0.25) is 0 Å². The van der Waals surface area contributed by atoms with E-state index in [1.165, 1.54) is 327 Å². The number of rotatable bonds is 68. The number of carbonyl (C=O) groups is 2. The number of aliphatic hydroxyl groups is 2. The number of hydrogen-bond acceptors (Lipinski definition) is 5. The molecule has 0 fully saturated rings. The van der Waals surface area contributed by atoms with Gasteiger partial charge in [0.2, 0.25) is 5.91 Å². The van der Waals surface area contributed by atoms with Gasteiger partial charge in [0.1, 0.15) is 0 Å². The van der Waals surface area contributed by atoms with E-state index in [1.54, 1.807) is 0 Å². The van der Waals surface area contributed by atoms with Crippen molar-refractivity contribution in [3.63, 3.8) is 0 Å². The molecule has 0 saturated carbocycles. The monoisotopic (exact) mass is 1110 g/mol. The molecule has 0 aliphatic rings. The van der Waals surface area contributed by atoms with Gasteiger partial charge in [-0.25, -0.2) is 0 Å². The van der Waals surface area contributed by atoms with Gasteiger partial charge in [0.05, 0.1) is 25.4 Å². The SMILES string of the molecule is CCCCCCCCCCCCCCCCCCCCCC(=O)OCCCCCCCCCCC/C=C\C/C=C\CCCCCCCCCCCCCCCCCC(=O)NC(CO)C(O)CCCCCCCCCCCCCC. The average molecular weight is 1110 g/mol. The molecule has 2 atom stereocenters. The topological polar surface area (TPSA) is 95.9 Å². The van der Waals surface area contributed by atoms with Crippen molar-refractivity contribution in [3.05, 3.63) is 24.3 Å². The molecule has 2 unspecified atom stereocenters. The van der Waals surface area contributed by atoms with Crippen LogP contribution in [0.15, 0.2) is 24.3 Å². The van der Waals surface area contributed by atoms with Crippen LogP contribution in [0.3, 0.4) is 0 Å². The highest BCUT2D eigenvalue weighted by Crippen LogP contribution is 2.19. The zero-order valence-corrected chi connectivity index (χ0v) is 53.6. The van der Waals surface area contributed by atoms with Crippen molar-refractivity contribution in [2.45, 2.75) is 418 Å². The van der Waals surface area contributed by atoms with E-state index in [9.17, 15) is 19.8 Å². The zero-order chi connectivity index (χ0) is 57.1. The highest BCUT2D eigenvalue weighted by molar-refractivity contribution is 5.76. The van der Waals surface area contributed by atoms with Gasteiger partial charge in [0, 0.05) is 12.8 Å². The van der Waals surface area contributed by atoms with Crippen LogP contribution < -0.4 is 5.32 Å². The van der Waals surface area contributed by atoms with Gasteiger partial charge in [0.15, 0.2) is 0 Å². The van der Waals surface area contributed by atoms with Crippen LogP contribution >= 0.6 is 0 Å². The third kappa shape index (κ3) is 65.4. The predicted octanol–water partition coefficient (Wildman–Crippen LogP) is 23.3. The molecule has 0 aliphatic carbocycles. The Morgan fingerprint density at radius 1 is 0.354 bits per heavy atom. The van der Waals surface area contributed by atoms with Gasteiger partial charge in [-0.3, -0.25) is 9.59 Å². The van der Waals surface area contributed by atoms with E-state index >= 15 is 0 Å². The van der Waals surface area contributed by atoms with Crippen LogP contribution in [0, 0.1) is 0 Å². The molecule has 0 aromatic rings. The average Bonchev–Trinajstić information content (AvgIpc) is 3.45. The maximum Gasteiger partial charge on any atom is 0.305 e. The minimum Gasteiger partial charge on any atom is -0.466 e. The van der Waals surface area contributed by atoms with Gasteiger partial charge < -0.3 is 20.3 Å². The lowest BCUT2D eigenvalue weighted by Crippen LogP contribution is -2.45. The number of unbranched alkanes of at least 4 members (excludes halogenated alkanes) is 53. The molecule has 0 radical (unpaired) electrons. The highest BCUT2D eigenvalue weighted by Gasteiger charge is 2.20. The molecule has 1 amide bonds. The summed E-state index contributed by atoms with van der Waals surface area (Å²) >= 11 is 0. The summed E-state index contributed by atoms with van der Waals surface area (Å²) in [6, 6.07) is -0.540. The maximum absolute atomic E-state index is 12.5. The van der Waals surface area contributed by atoms with Crippen molar-refractivity contribution < 1.29 is 24.5 Å². The van der Waals surface area contributed by atoms with Crippen molar-refractivity contribution in [2.24, 2.45) is 0 Å². The van der Waals surface area contributed by atoms with E-state index in [1.807, 2.05) is 0 Å². The molecular weight excluding hydrogens is 971 g/mol. The summed E-state index contributed by atoms with van der Waals surface area (Å²) < 4.78 is 5.51. The minimum atomic E-state index is -0.662. The van der Waals surface area contributed by atoms with E-state index in [2.05, 4.69) is 43.5 Å². The van der Waals surface area contributed by atoms with Crippen LogP contribution in [-0.4, -0.2) is 47.4 Å². The fourth-order valence-corrected chi connectivity index (χ4v) is 11.5. The third-order valence-electron chi connectivity index (χ3n) is 17.0. The van der Waals surface area contributed by atoms with Crippen molar-refractivity contribution in [2.75, 3.05) is 13.2 Å². The summed E-state index contributed by atoms with van der Waals surface area (Å²) in [5.41, 5.74) is 0. The van der Waals surface area contributed by atoms with Gasteiger partial charge in [-0.2, -0.15) is 0 Å². The largest absolute Gasteiger partial charge is 0.466 e. The second-order valence-corrected chi connectivity index (χ2v) is 24.9. The highest BCUT2D eigenvalue weighted by atomic mass is 16.5. The van der Waals surface area contributed by atoms with Crippen LogP contribution in [0.4, 0.5) is 0 Å². The molecular formula is C73H141NO5. The Morgan fingerprint density at radius 2 is 0.633 bits per heavy atom. The third-order valence-corrected chi connectivity index (χ3v) is 17.0. The molecule has 0 spiro atoms. The second-order valence-electron chi connectivity index (χ2n) is 24.9. The smallest absolute Gasteiger partial charge is 0.305 e. The quantitative estimate of drug-likeness (QED) is 0.0320. The molecule has 3 N–H and O–H groups in total. The molecule has 0 aliphatic heterocycles. The number of amides is 1. The first-order chi connectivity index (χ1) is 39.0. The van der Waals surface area contributed by atoms with E-state index in [0.29, 0.717) is 25.9 Å². The molecule has 79 heavy (non-hydrogen) atoms. The Balaban J connectivity index is 3.35. The van der Waals surface area contributed by atoms with Gasteiger partial charge >= 0.3 is 5.97 Å². The fraction of sp³-hybridized carbons (Fsp3) is 0.918.